The van der Waals surface area contributed by atoms with Crippen LogP contribution in [0, 0.1) is 0 Å². The van der Waals surface area contributed by atoms with Crippen LogP contribution in [0.4, 0.5) is 0 Å². The van der Waals surface area contributed by atoms with Crippen molar-refractivity contribution in [3.8, 4) is 33.8 Å². The monoisotopic (exact) mass is 269 g/mol. The molecule has 6 heteroatoms. The minimum absolute atomic E-state index is 0.0736. The Morgan fingerprint density at radius 3 is 1.75 bits per heavy atom. The summed E-state index contributed by atoms with van der Waals surface area (Å²) in [7, 11) is 0. The standard InChI is InChI=1S/C14H6O6/c15-9-7(10(16)13(9)19)5-3-1-2-4-6(5)8-11(17)14(20)12(8)18/h1-4,15,17H/p-1. The zero-order chi connectivity index (χ0) is 14.6. The highest BCUT2D eigenvalue weighted by Crippen LogP contribution is 2.35. The molecule has 0 saturated heterocycles. The molecule has 0 unspecified atom stereocenters. The average Bonchev–Trinajstić information content (AvgIpc) is 2.48. The molecule has 0 amide bonds. The number of rotatable bonds is 2. The summed E-state index contributed by atoms with van der Waals surface area (Å²) in [5, 5.41) is 20.9. The van der Waals surface area contributed by atoms with Crippen molar-refractivity contribution >= 4 is 0 Å². The van der Waals surface area contributed by atoms with E-state index in [1.165, 1.54) is 24.3 Å². The molecule has 6 nitrogen and oxygen atoms in total. The second kappa shape index (κ2) is 3.74. The first-order valence-corrected chi connectivity index (χ1v) is 5.57. The number of hydrogen-bond donors (Lipinski definition) is 1. The van der Waals surface area contributed by atoms with Gasteiger partial charge in [-0.05, 0) is 16.9 Å². The number of aromatic hydroxyl groups is 1. The highest BCUT2D eigenvalue weighted by molar-refractivity contribution is 5.90. The Morgan fingerprint density at radius 2 is 1.25 bits per heavy atom. The Balaban J connectivity index is 2.32. The Bertz CT molecular complexity index is 912. The lowest BCUT2D eigenvalue weighted by atomic mass is 9.89. The first-order chi connectivity index (χ1) is 9.45. The van der Waals surface area contributed by atoms with E-state index in [1.54, 1.807) is 0 Å². The molecule has 0 saturated carbocycles. The van der Waals surface area contributed by atoms with Gasteiger partial charge in [-0.3, -0.25) is 19.2 Å². The molecule has 3 aromatic carbocycles. The van der Waals surface area contributed by atoms with Crippen molar-refractivity contribution in [3.63, 3.8) is 0 Å². The molecule has 0 aliphatic carbocycles. The van der Waals surface area contributed by atoms with Crippen LogP contribution in [0.1, 0.15) is 0 Å². The lowest BCUT2D eigenvalue weighted by Crippen LogP contribution is -2.36. The van der Waals surface area contributed by atoms with Gasteiger partial charge >= 0.3 is 0 Å². The Hall–Kier alpha value is -3.02. The van der Waals surface area contributed by atoms with Gasteiger partial charge in [0.1, 0.15) is 0 Å². The molecule has 0 heterocycles. The summed E-state index contributed by atoms with van der Waals surface area (Å²) in [5.41, 5.74) is -4.33. The van der Waals surface area contributed by atoms with Crippen LogP contribution >= 0.6 is 0 Å². The molecule has 0 fully saturated rings. The van der Waals surface area contributed by atoms with Crippen LogP contribution in [0.15, 0.2) is 43.4 Å². The first-order valence-electron chi connectivity index (χ1n) is 5.57. The summed E-state index contributed by atoms with van der Waals surface area (Å²) in [6.07, 6.45) is 0. The summed E-state index contributed by atoms with van der Waals surface area (Å²) >= 11 is 0. The van der Waals surface area contributed by atoms with Gasteiger partial charge in [0.25, 0.3) is 5.43 Å². The van der Waals surface area contributed by atoms with Crippen molar-refractivity contribution in [2.75, 3.05) is 0 Å². The predicted octanol–water partition coefficient (Wildman–Crippen LogP) is -1.01. The molecule has 0 atom stereocenters. The van der Waals surface area contributed by atoms with Gasteiger partial charge in [0, 0.05) is 5.56 Å². The highest BCUT2D eigenvalue weighted by Gasteiger charge is 2.26. The molecule has 3 aromatic rings. The summed E-state index contributed by atoms with van der Waals surface area (Å²) in [6.45, 7) is 0. The minimum atomic E-state index is -1.11. The van der Waals surface area contributed by atoms with E-state index in [0.29, 0.717) is 0 Å². The molecule has 0 spiro atoms. The maximum atomic E-state index is 11.5. The van der Waals surface area contributed by atoms with Gasteiger partial charge in [-0.15, -0.1) is 0 Å². The van der Waals surface area contributed by atoms with Crippen LogP contribution in [-0.2, 0) is 0 Å². The van der Waals surface area contributed by atoms with Gasteiger partial charge < -0.3 is 10.2 Å². The molecule has 0 radical (unpaired) electrons. The summed E-state index contributed by atoms with van der Waals surface area (Å²) in [5.74, 6) is -1.63. The molecule has 0 aliphatic heterocycles. The smallest absolute Gasteiger partial charge is 0.268 e. The van der Waals surface area contributed by atoms with Crippen LogP contribution in [0.2, 0.25) is 0 Å². The normalized spacial score (nSPS) is 11.2. The number of benzene rings is 1. The third-order valence-corrected chi connectivity index (χ3v) is 3.22. The van der Waals surface area contributed by atoms with Crippen molar-refractivity contribution in [2.45, 2.75) is 0 Å². The third-order valence-electron chi connectivity index (χ3n) is 3.22. The maximum Gasteiger partial charge on any atom is 0.268 e. The van der Waals surface area contributed by atoms with Crippen molar-refractivity contribution in [1.82, 2.24) is 0 Å². The van der Waals surface area contributed by atoms with Crippen molar-refractivity contribution in [1.29, 1.82) is 0 Å². The Morgan fingerprint density at radius 1 is 0.750 bits per heavy atom. The number of hydrogen-bond acceptors (Lipinski definition) is 6. The zero-order valence-electron chi connectivity index (χ0n) is 9.80. The molecular weight excluding hydrogens is 264 g/mol. The summed E-state index contributed by atoms with van der Waals surface area (Å²) in [6, 6.07) is 5.80. The van der Waals surface area contributed by atoms with E-state index in [2.05, 4.69) is 0 Å². The Labute approximate surface area is 110 Å². The summed E-state index contributed by atoms with van der Waals surface area (Å²) in [4.78, 5) is 44.9. The lowest BCUT2D eigenvalue weighted by Gasteiger charge is -2.18. The van der Waals surface area contributed by atoms with E-state index in [0.717, 1.165) is 0 Å². The van der Waals surface area contributed by atoms with Crippen LogP contribution in [-0.4, -0.2) is 5.11 Å². The van der Waals surface area contributed by atoms with Crippen LogP contribution in [0.5, 0.6) is 11.5 Å². The molecule has 1 N–H and O–H groups in total. The molecule has 3 rings (SSSR count). The largest absolute Gasteiger partial charge is 0.869 e. The molecule has 0 aliphatic rings. The van der Waals surface area contributed by atoms with Crippen LogP contribution in [0.25, 0.3) is 22.3 Å². The zero-order valence-corrected chi connectivity index (χ0v) is 9.80. The van der Waals surface area contributed by atoms with Crippen molar-refractivity contribution in [2.24, 2.45) is 0 Å². The van der Waals surface area contributed by atoms with Crippen LogP contribution in [0.3, 0.4) is 0 Å². The van der Waals surface area contributed by atoms with Crippen LogP contribution < -0.4 is 26.8 Å². The van der Waals surface area contributed by atoms with Gasteiger partial charge in [-0.2, -0.15) is 0 Å². The molecule has 98 valence electrons. The third kappa shape index (κ3) is 1.27. The second-order valence-electron chi connectivity index (χ2n) is 4.29. The van der Waals surface area contributed by atoms with Gasteiger partial charge in [0.05, 0.1) is 5.56 Å². The molecular formula is C14H5O6-. The quantitative estimate of drug-likeness (QED) is 0.597. The van der Waals surface area contributed by atoms with E-state index in [-0.39, 0.29) is 22.3 Å². The fourth-order valence-corrected chi connectivity index (χ4v) is 2.16. The minimum Gasteiger partial charge on any atom is -0.869 e. The van der Waals surface area contributed by atoms with E-state index < -0.39 is 33.2 Å². The van der Waals surface area contributed by atoms with Gasteiger partial charge in [0.15, 0.2) is 5.75 Å². The fraction of sp³-hybridized carbons (Fsp3) is 0. The van der Waals surface area contributed by atoms with Crippen molar-refractivity contribution < 1.29 is 10.2 Å². The molecule has 0 aromatic heterocycles. The molecule has 20 heavy (non-hydrogen) atoms. The topological polar surface area (TPSA) is 112 Å². The van der Waals surface area contributed by atoms with E-state index in [4.69, 9.17) is 0 Å². The molecule has 0 bridgehead atoms. The van der Waals surface area contributed by atoms with Gasteiger partial charge in [-0.25, -0.2) is 0 Å². The van der Waals surface area contributed by atoms with Gasteiger partial charge in [-0.1, -0.05) is 24.3 Å². The maximum absolute atomic E-state index is 11.5. The average molecular weight is 269 g/mol. The SMILES string of the molecule is O=c1c([O-])c(-c2ccccc2-c2c(O)c(=O)c2=O)c1=O. The van der Waals surface area contributed by atoms with E-state index in [1.807, 2.05) is 0 Å². The second-order valence-corrected chi connectivity index (χ2v) is 4.29. The first kappa shape index (κ1) is 12.0. The van der Waals surface area contributed by atoms with E-state index in [9.17, 15) is 29.4 Å². The van der Waals surface area contributed by atoms with Crippen molar-refractivity contribution in [3.05, 3.63) is 65.2 Å². The van der Waals surface area contributed by atoms with E-state index >= 15 is 0 Å². The predicted molar refractivity (Wildman–Crippen MR) is 68.2 cm³/mol. The lowest BCUT2D eigenvalue weighted by molar-refractivity contribution is -0.270. The summed E-state index contributed by atoms with van der Waals surface area (Å²) < 4.78 is 0. The Kier molecular flexibility index (Phi) is 2.25. The van der Waals surface area contributed by atoms with Gasteiger partial charge in [0.2, 0.25) is 16.3 Å². The highest BCUT2D eigenvalue weighted by atomic mass is 16.3. The fourth-order valence-electron chi connectivity index (χ4n) is 2.16.